The highest BCUT2D eigenvalue weighted by Crippen LogP contribution is 2.14. The summed E-state index contributed by atoms with van der Waals surface area (Å²) in [6, 6.07) is 19.1. The Kier molecular flexibility index (Phi) is 6.61. The van der Waals surface area contributed by atoms with Gasteiger partial charge in [0.15, 0.2) is 0 Å². The molecule has 0 fully saturated rings. The third-order valence-corrected chi connectivity index (χ3v) is 6.24. The molecule has 0 bridgehead atoms. The molecule has 0 saturated heterocycles. The van der Waals surface area contributed by atoms with Crippen molar-refractivity contribution >= 4 is 15.9 Å². The Morgan fingerprint density at radius 3 is 2.50 bits per heavy atom. The second kappa shape index (κ2) is 9.35. The van der Waals surface area contributed by atoms with Crippen molar-refractivity contribution in [3.05, 3.63) is 78.1 Å². The lowest BCUT2D eigenvalue weighted by molar-refractivity contribution is -0.121. The molecule has 1 heterocycles. The van der Waals surface area contributed by atoms with Gasteiger partial charge in [0, 0.05) is 26.2 Å². The highest BCUT2D eigenvalue weighted by molar-refractivity contribution is 7.89. The number of nitrogens with one attached hydrogen (secondary N) is 1. The standard InChI is InChI=1S/C21H21N5O3S/c1-25(30(28,29)20-9-7-17(15-22)8-10-20)16-21(27)23-13-11-18-12-14-26(24-18)19-5-3-2-4-6-19/h2-10,12,14H,11,13,16H2,1H3,(H,23,27). The van der Waals surface area contributed by atoms with E-state index in [1.54, 1.807) is 4.68 Å². The van der Waals surface area contributed by atoms with Crippen molar-refractivity contribution in [3.63, 3.8) is 0 Å². The summed E-state index contributed by atoms with van der Waals surface area (Å²) in [5.74, 6) is -0.405. The van der Waals surface area contributed by atoms with Crippen LogP contribution < -0.4 is 5.32 Å². The summed E-state index contributed by atoms with van der Waals surface area (Å²) < 4.78 is 27.8. The summed E-state index contributed by atoms with van der Waals surface area (Å²) in [4.78, 5) is 12.2. The Morgan fingerprint density at radius 2 is 1.83 bits per heavy atom. The van der Waals surface area contributed by atoms with Gasteiger partial charge in [0.1, 0.15) is 0 Å². The minimum absolute atomic E-state index is 0.0308. The second-order valence-corrected chi connectivity index (χ2v) is 8.63. The molecule has 1 amide bonds. The quantitative estimate of drug-likeness (QED) is 0.594. The van der Waals surface area contributed by atoms with Gasteiger partial charge in [-0.05, 0) is 42.5 Å². The maximum atomic E-state index is 12.6. The van der Waals surface area contributed by atoms with Crippen molar-refractivity contribution < 1.29 is 13.2 Å². The number of rotatable bonds is 8. The fourth-order valence-electron chi connectivity index (χ4n) is 2.77. The third-order valence-electron chi connectivity index (χ3n) is 4.43. The third kappa shape index (κ3) is 5.11. The number of para-hydroxylation sites is 1. The summed E-state index contributed by atoms with van der Waals surface area (Å²) in [5.41, 5.74) is 2.13. The maximum Gasteiger partial charge on any atom is 0.243 e. The highest BCUT2D eigenvalue weighted by atomic mass is 32.2. The molecule has 1 aromatic heterocycles. The number of carbonyl (C=O) groups excluding carboxylic acids is 1. The number of likely N-dealkylation sites (N-methyl/N-ethyl adjacent to an activating group) is 1. The van der Waals surface area contributed by atoms with Crippen molar-refractivity contribution in [2.45, 2.75) is 11.3 Å². The van der Waals surface area contributed by atoms with Gasteiger partial charge in [0.2, 0.25) is 15.9 Å². The molecule has 0 aliphatic carbocycles. The predicted molar refractivity (Wildman–Crippen MR) is 111 cm³/mol. The SMILES string of the molecule is CN(CC(=O)NCCc1ccn(-c2ccccc2)n1)S(=O)(=O)c1ccc(C#N)cc1. The van der Waals surface area contributed by atoms with E-state index in [-0.39, 0.29) is 11.4 Å². The van der Waals surface area contributed by atoms with Gasteiger partial charge < -0.3 is 5.32 Å². The molecule has 0 atom stereocenters. The first-order chi connectivity index (χ1) is 14.4. The number of hydrogen-bond donors (Lipinski definition) is 1. The first-order valence-corrected chi connectivity index (χ1v) is 10.7. The van der Waals surface area contributed by atoms with E-state index in [0.717, 1.165) is 15.7 Å². The molecule has 154 valence electrons. The Labute approximate surface area is 175 Å². The summed E-state index contributed by atoms with van der Waals surface area (Å²) >= 11 is 0. The fourth-order valence-corrected chi connectivity index (χ4v) is 3.90. The predicted octanol–water partition coefficient (Wildman–Crippen LogP) is 1.72. The van der Waals surface area contributed by atoms with Gasteiger partial charge in [0.25, 0.3) is 0 Å². The number of benzene rings is 2. The molecule has 0 aliphatic heterocycles. The van der Waals surface area contributed by atoms with Gasteiger partial charge in [-0.1, -0.05) is 18.2 Å². The Bertz CT molecular complexity index is 1150. The number of nitrogens with zero attached hydrogens (tertiary/aromatic N) is 4. The van der Waals surface area contributed by atoms with Gasteiger partial charge in [-0.3, -0.25) is 4.79 Å². The van der Waals surface area contributed by atoms with Crippen LogP contribution in [0.25, 0.3) is 5.69 Å². The largest absolute Gasteiger partial charge is 0.355 e. The van der Waals surface area contributed by atoms with Crippen molar-refractivity contribution in [1.82, 2.24) is 19.4 Å². The average Bonchev–Trinajstić information content (AvgIpc) is 3.23. The monoisotopic (exact) mass is 423 g/mol. The zero-order valence-electron chi connectivity index (χ0n) is 16.4. The molecule has 0 radical (unpaired) electrons. The number of amides is 1. The van der Waals surface area contributed by atoms with Crippen molar-refractivity contribution in [2.75, 3.05) is 20.1 Å². The number of aromatic nitrogens is 2. The minimum atomic E-state index is -3.82. The van der Waals surface area contributed by atoms with Crippen LogP contribution >= 0.6 is 0 Å². The Morgan fingerprint density at radius 1 is 1.13 bits per heavy atom. The molecule has 8 nitrogen and oxygen atoms in total. The van der Waals surface area contributed by atoms with E-state index in [2.05, 4.69) is 10.4 Å². The molecule has 1 N–H and O–H groups in total. The summed E-state index contributed by atoms with van der Waals surface area (Å²) in [6.07, 6.45) is 2.38. The van der Waals surface area contributed by atoms with Gasteiger partial charge in [-0.15, -0.1) is 0 Å². The molecule has 9 heteroatoms. The lowest BCUT2D eigenvalue weighted by Crippen LogP contribution is -2.39. The van der Waals surface area contributed by atoms with Crippen molar-refractivity contribution in [3.8, 4) is 11.8 Å². The lowest BCUT2D eigenvalue weighted by Gasteiger charge is -2.16. The van der Waals surface area contributed by atoms with Crippen molar-refractivity contribution in [2.24, 2.45) is 0 Å². The smallest absolute Gasteiger partial charge is 0.243 e. The molecule has 0 spiro atoms. The Hall–Kier alpha value is -3.48. The van der Waals surface area contributed by atoms with Gasteiger partial charge >= 0.3 is 0 Å². The summed E-state index contributed by atoms with van der Waals surface area (Å²) in [6.45, 7) is 0.0379. The molecular weight excluding hydrogens is 402 g/mol. The van der Waals surface area contributed by atoms with E-state index in [4.69, 9.17) is 5.26 Å². The fraction of sp³-hybridized carbons (Fsp3) is 0.190. The molecule has 3 rings (SSSR count). The van der Waals surface area contributed by atoms with E-state index < -0.39 is 15.9 Å². The van der Waals surface area contributed by atoms with Crippen LogP contribution in [0.15, 0.2) is 71.8 Å². The van der Waals surface area contributed by atoms with Gasteiger partial charge in [0.05, 0.1) is 34.5 Å². The van der Waals surface area contributed by atoms with Gasteiger partial charge in [-0.2, -0.15) is 14.7 Å². The Balaban J connectivity index is 1.50. The van der Waals surface area contributed by atoms with Crippen LogP contribution in [0, 0.1) is 11.3 Å². The van der Waals surface area contributed by atoms with E-state index in [1.165, 1.54) is 31.3 Å². The topological polar surface area (TPSA) is 108 Å². The minimum Gasteiger partial charge on any atom is -0.355 e. The average molecular weight is 423 g/mol. The second-order valence-electron chi connectivity index (χ2n) is 6.58. The highest BCUT2D eigenvalue weighted by Gasteiger charge is 2.22. The molecule has 0 saturated carbocycles. The number of sulfonamides is 1. The normalized spacial score (nSPS) is 11.2. The number of hydrogen-bond acceptors (Lipinski definition) is 5. The first kappa shape index (κ1) is 21.2. The van der Waals surface area contributed by atoms with E-state index >= 15 is 0 Å². The van der Waals surface area contributed by atoms with Crippen molar-refractivity contribution in [1.29, 1.82) is 5.26 Å². The summed E-state index contributed by atoms with van der Waals surface area (Å²) in [5, 5.41) is 16.0. The first-order valence-electron chi connectivity index (χ1n) is 9.23. The zero-order chi connectivity index (χ0) is 21.6. The summed E-state index contributed by atoms with van der Waals surface area (Å²) in [7, 11) is -2.47. The van der Waals surface area contributed by atoms with Crippen LogP contribution in [-0.2, 0) is 21.2 Å². The van der Waals surface area contributed by atoms with E-state index in [0.29, 0.717) is 18.5 Å². The van der Waals surface area contributed by atoms with Crippen LogP contribution in [0.5, 0.6) is 0 Å². The zero-order valence-corrected chi connectivity index (χ0v) is 17.2. The molecule has 30 heavy (non-hydrogen) atoms. The lowest BCUT2D eigenvalue weighted by atomic mass is 10.2. The number of nitriles is 1. The molecule has 0 unspecified atom stereocenters. The number of carbonyl (C=O) groups is 1. The molecule has 0 aliphatic rings. The van der Waals surface area contributed by atoms with Crippen LogP contribution in [0.4, 0.5) is 0 Å². The molecule has 3 aromatic rings. The van der Waals surface area contributed by atoms with E-state index in [9.17, 15) is 13.2 Å². The van der Waals surface area contributed by atoms with Crippen LogP contribution in [-0.4, -0.2) is 48.5 Å². The molecule has 2 aromatic carbocycles. The van der Waals surface area contributed by atoms with Crippen LogP contribution in [0.1, 0.15) is 11.3 Å². The van der Waals surface area contributed by atoms with Gasteiger partial charge in [-0.25, -0.2) is 13.1 Å². The maximum absolute atomic E-state index is 12.6. The van der Waals surface area contributed by atoms with E-state index in [1.807, 2.05) is 48.7 Å². The van der Waals surface area contributed by atoms with Crippen LogP contribution in [0.3, 0.4) is 0 Å². The molecular formula is C21H21N5O3S. The van der Waals surface area contributed by atoms with Crippen LogP contribution in [0.2, 0.25) is 0 Å².